The van der Waals surface area contributed by atoms with Crippen molar-refractivity contribution in [2.75, 3.05) is 25.0 Å². The van der Waals surface area contributed by atoms with Gasteiger partial charge in [0, 0.05) is 13.7 Å². The highest BCUT2D eigenvalue weighted by Gasteiger charge is 2.09. The van der Waals surface area contributed by atoms with Crippen LogP contribution in [0.1, 0.15) is 0 Å². The second-order valence-corrected chi connectivity index (χ2v) is 5.48. The molecule has 8 heteroatoms. The third-order valence-electron chi connectivity index (χ3n) is 1.77. The van der Waals surface area contributed by atoms with E-state index in [4.69, 9.17) is 4.74 Å². The molecule has 0 fully saturated rings. The first-order valence-electron chi connectivity index (χ1n) is 4.66. The van der Waals surface area contributed by atoms with E-state index in [1.807, 2.05) is 0 Å². The Hall–Kier alpha value is -0.700. The zero-order valence-electron chi connectivity index (χ0n) is 9.04. The Morgan fingerprint density at radius 2 is 2.18 bits per heavy atom. The van der Waals surface area contributed by atoms with Gasteiger partial charge in [0.15, 0.2) is 0 Å². The lowest BCUT2D eigenvalue weighted by molar-refractivity contribution is 0.204. The third kappa shape index (κ3) is 4.99. The number of rotatable bonds is 6. The maximum Gasteiger partial charge on any atom is 0.299 e. The van der Waals surface area contributed by atoms with Crippen LogP contribution in [-0.2, 0) is 14.9 Å². The third-order valence-corrected chi connectivity index (χ3v) is 3.47. The highest BCUT2D eigenvalue weighted by molar-refractivity contribution is 9.10. The van der Waals surface area contributed by atoms with Gasteiger partial charge in [0.2, 0.25) is 0 Å². The fourth-order valence-corrected chi connectivity index (χ4v) is 2.27. The predicted octanol–water partition coefficient (Wildman–Crippen LogP) is 1.48. The molecule has 0 aromatic heterocycles. The van der Waals surface area contributed by atoms with Crippen LogP contribution < -0.4 is 9.44 Å². The summed E-state index contributed by atoms with van der Waals surface area (Å²) < 4.78 is 45.3. The number of ether oxygens (including phenoxy) is 1. The van der Waals surface area contributed by atoms with Crippen molar-refractivity contribution in [2.24, 2.45) is 0 Å². The molecule has 17 heavy (non-hydrogen) atoms. The van der Waals surface area contributed by atoms with E-state index in [1.165, 1.54) is 19.2 Å². The Balaban J connectivity index is 2.66. The normalized spacial score (nSPS) is 11.5. The fourth-order valence-electron chi connectivity index (χ4n) is 1.03. The summed E-state index contributed by atoms with van der Waals surface area (Å²) in [6.45, 7) is 0.433. The van der Waals surface area contributed by atoms with Gasteiger partial charge in [-0.3, -0.25) is 4.72 Å². The minimum absolute atomic E-state index is 0.161. The SMILES string of the molecule is COCCNS(=O)(=O)Nc1ccc(F)c(Br)c1. The first-order valence-corrected chi connectivity index (χ1v) is 6.93. The lowest BCUT2D eigenvalue weighted by Crippen LogP contribution is -2.32. The Morgan fingerprint density at radius 1 is 1.47 bits per heavy atom. The van der Waals surface area contributed by atoms with Gasteiger partial charge in [-0.15, -0.1) is 0 Å². The number of hydrogen-bond donors (Lipinski definition) is 2. The Labute approximate surface area is 108 Å². The van der Waals surface area contributed by atoms with Crippen LogP contribution in [0, 0.1) is 5.82 Å². The molecule has 5 nitrogen and oxygen atoms in total. The standard InChI is InChI=1S/C9H12BrFN2O3S/c1-16-5-4-12-17(14,15)13-7-2-3-9(11)8(10)6-7/h2-3,6,12-13H,4-5H2,1H3. The lowest BCUT2D eigenvalue weighted by atomic mass is 10.3. The van der Waals surface area contributed by atoms with Crippen LogP contribution >= 0.6 is 15.9 Å². The first-order chi connectivity index (χ1) is 7.94. The lowest BCUT2D eigenvalue weighted by Gasteiger charge is -2.09. The summed E-state index contributed by atoms with van der Waals surface area (Å²) in [5.41, 5.74) is 0.267. The largest absolute Gasteiger partial charge is 0.383 e. The molecule has 0 aliphatic rings. The van der Waals surface area contributed by atoms with Crippen LogP contribution in [0.4, 0.5) is 10.1 Å². The van der Waals surface area contributed by atoms with Gasteiger partial charge in [0.1, 0.15) is 5.82 Å². The molecule has 0 unspecified atom stereocenters. The minimum Gasteiger partial charge on any atom is -0.383 e. The molecule has 0 bridgehead atoms. The zero-order valence-corrected chi connectivity index (χ0v) is 11.4. The Kier molecular flexibility index (Phi) is 5.31. The van der Waals surface area contributed by atoms with Crippen LogP contribution in [0.15, 0.2) is 22.7 Å². The number of benzene rings is 1. The second kappa shape index (κ2) is 6.29. The van der Waals surface area contributed by atoms with Gasteiger partial charge in [0.25, 0.3) is 10.2 Å². The quantitative estimate of drug-likeness (QED) is 0.778. The molecule has 96 valence electrons. The molecule has 0 aliphatic carbocycles. The molecule has 2 N–H and O–H groups in total. The molecule has 0 saturated carbocycles. The van der Waals surface area contributed by atoms with Crippen LogP contribution in [0.25, 0.3) is 0 Å². The molecule has 0 saturated heterocycles. The number of methoxy groups -OCH3 is 1. The number of nitrogens with one attached hydrogen (secondary N) is 2. The molecule has 1 aromatic rings. The van der Waals surface area contributed by atoms with Crippen LogP contribution in [0.2, 0.25) is 0 Å². The van der Waals surface area contributed by atoms with Gasteiger partial charge in [-0.1, -0.05) is 0 Å². The van der Waals surface area contributed by atoms with E-state index in [0.29, 0.717) is 0 Å². The van der Waals surface area contributed by atoms with Gasteiger partial charge in [-0.05, 0) is 34.1 Å². The van der Waals surface area contributed by atoms with Crippen LogP contribution in [0.3, 0.4) is 0 Å². The summed E-state index contributed by atoms with van der Waals surface area (Å²) in [4.78, 5) is 0. The molecule has 0 spiro atoms. The summed E-state index contributed by atoms with van der Waals surface area (Å²) in [5.74, 6) is -0.458. The van der Waals surface area contributed by atoms with E-state index >= 15 is 0 Å². The summed E-state index contributed by atoms with van der Waals surface area (Å²) in [5, 5.41) is 0. The van der Waals surface area contributed by atoms with E-state index in [2.05, 4.69) is 25.4 Å². The summed E-state index contributed by atoms with van der Waals surface area (Å²) >= 11 is 2.97. The van der Waals surface area contributed by atoms with Gasteiger partial charge >= 0.3 is 0 Å². The predicted molar refractivity (Wildman–Crippen MR) is 66.5 cm³/mol. The molecule has 0 amide bonds. The number of hydrogen-bond acceptors (Lipinski definition) is 3. The number of anilines is 1. The van der Waals surface area contributed by atoms with Gasteiger partial charge < -0.3 is 4.74 Å². The zero-order chi connectivity index (χ0) is 12.9. The van der Waals surface area contributed by atoms with Crippen molar-refractivity contribution in [3.8, 4) is 0 Å². The van der Waals surface area contributed by atoms with Crippen LogP contribution in [-0.4, -0.2) is 28.7 Å². The summed E-state index contributed by atoms with van der Waals surface area (Å²) in [7, 11) is -2.19. The highest BCUT2D eigenvalue weighted by atomic mass is 79.9. The van der Waals surface area contributed by atoms with E-state index in [9.17, 15) is 12.8 Å². The maximum absolute atomic E-state index is 12.9. The molecular formula is C9H12BrFN2O3S. The van der Waals surface area contributed by atoms with E-state index < -0.39 is 16.0 Å². The van der Waals surface area contributed by atoms with Crippen LogP contribution in [0.5, 0.6) is 0 Å². The van der Waals surface area contributed by atoms with Gasteiger partial charge in [-0.2, -0.15) is 13.1 Å². The molecular weight excluding hydrogens is 315 g/mol. The number of halogens is 2. The van der Waals surface area contributed by atoms with Crippen molar-refractivity contribution in [3.05, 3.63) is 28.5 Å². The Bertz CT molecular complexity index is 481. The van der Waals surface area contributed by atoms with Gasteiger partial charge in [0.05, 0.1) is 16.8 Å². The summed E-state index contributed by atoms with van der Waals surface area (Å²) in [6, 6.07) is 3.83. The monoisotopic (exact) mass is 326 g/mol. The fraction of sp³-hybridized carbons (Fsp3) is 0.333. The van der Waals surface area contributed by atoms with E-state index in [1.54, 1.807) is 0 Å². The maximum atomic E-state index is 12.9. The Morgan fingerprint density at radius 3 is 2.76 bits per heavy atom. The summed E-state index contributed by atoms with van der Waals surface area (Å²) in [6.07, 6.45) is 0. The van der Waals surface area contributed by atoms with Crippen molar-refractivity contribution < 1.29 is 17.5 Å². The smallest absolute Gasteiger partial charge is 0.299 e. The van der Waals surface area contributed by atoms with Crippen molar-refractivity contribution in [3.63, 3.8) is 0 Å². The average molecular weight is 327 g/mol. The molecule has 0 atom stereocenters. The second-order valence-electron chi connectivity index (χ2n) is 3.12. The first kappa shape index (κ1) is 14.4. The van der Waals surface area contributed by atoms with Crippen molar-refractivity contribution in [1.82, 2.24) is 4.72 Å². The highest BCUT2D eigenvalue weighted by Crippen LogP contribution is 2.20. The van der Waals surface area contributed by atoms with Gasteiger partial charge in [-0.25, -0.2) is 4.39 Å². The molecule has 0 radical (unpaired) electrons. The molecule has 1 rings (SSSR count). The van der Waals surface area contributed by atoms with Crippen molar-refractivity contribution in [1.29, 1.82) is 0 Å². The minimum atomic E-state index is -3.66. The molecule has 0 aliphatic heterocycles. The molecule has 1 aromatic carbocycles. The van der Waals surface area contributed by atoms with Crippen molar-refractivity contribution >= 4 is 31.8 Å². The van der Waals surface area contributed by atoms with Crippen molar-refractivity contribution in [2.45, 2.75) is 0 Å². The molecule has 0 heterocycles. The van der Waals surface area contributed by atoms with E-state index in [0.717, 1.165) is 6.07 Å². The topological polar surface area (TPSA) is 67.4 Å². The van der Waals surface area contributed by atoms with E-state index in [-0.39, 0.29) is 23.3 Å². The average Bonchev–Trinajstić information content (AvgIpc) is 2.23.